The highest BCUT2D eigenvalue weighted by atomic mass is 19.1. The van der Waals surface area contributed by atoms with Gasteiger partial charge in [0, 0.05) is 11.6 Å². The van der Waals surface area contributed by atoms with Crippen LogP contribution in [0.4, 0.5) is 14.5 Å². The summed E-state index contributed by atoms with van der Waals surface area (Å²) in [6, 6.07) is 9.05. The minimum atomic E-state index is -0.530. The molecule has 5 heteroatoms. The summed E-state index contributed by atoms with van der Waals surface area (Å²) >= 11 is 0. The summed E-state index contributed by atoms with van der Waals surface area (Å²) < 4.78 is 26.0. The maximum atomic E-state index is 13.0. The van der Waals surface area contributed by atoms with Gasteiger partial charge < -0.3 is 10.4 Å². The van der Waals surface area contributed by atoms with Gasteiger partial charge in [0.15, 0.2) is 0 Å². The van der Waals surface area contributed by atoms with Gasteiger partial charge in [0.1, 0.15) is 23.5 Å². The summed E-state index contributed by atoms with van der Waals surface area (Å²) in [5.74, 6) is -1.20. The maximum Gasteiger partial charge on any atom is 0.126 e. The fraction of sp³-hybridized carbons (Fsp3) is 0.133. The summed E-state index contributed by atoms with van der Waals surface area (Å²) in [4.78, 5) is 0. The molecule has 0 aliphatic rings. The van der Waals surface area contributed by atoms with E-state index in [-0.39, 0.29) is 17.4 Å². The number of anilines is 1. The molecule has 3 nitrogen and oxygen atoms in total. The Hall–Kier alpha value is -2.61. The molecule has 0 heterocycles. The minimum absolute atomic E-state index is 0.165. The fourth-order valence-electron chi connectivity index (χ4n) is 1.93. The van der Waals surface area contributed by atoms with Gasteiger partial charge in [0.2, 0.25) is 0 Å². The zero-order valence-corrected chi connectivity index (χ0v) is 10.7. The summed E-state index contributed by atoms with van der Waals surface area (Å²) in [5.41, 5.74) is 1.10. The van der Waals surface area contributed by atoms with E-state index < -0.39 is 11.6 Å². The Kier molecular flexibility index (Phi) is 3.85. The van der Waals surface area contributed by atoms with E-state index in [1.807, 2.05) is 6.07 Å². The van der Waals surface area contributed by atoms with Gasteiger partial charge in [0.25, 0.3) is 0 Å². The standard InChI is InChI=1S/C15H12F2N2O/c1-9(13-4-2-12(17)7-15(13)20)19-14-5-3-11(16)6-10(14)8-18/h2-7,9,19-20H,1H3. The van der Waals surface area contributed by atoms with Crippen molar-refractivity contribution in [2.45, 2.75) is 13.0 Å². The third kappa shape index (κ3) is 2.86. The summed E-state index contributed by atoms with van der Waals surface area (Å²) in [6.07, 6.45) is 0. The highest BCUT2D eigenvalue weighted by Gasteiger charge is 2.13. The average molecular weight is 274 g/mol. The topological polar surface area (TPSA) is 56.0 Å². The van der Waals surface area contributed by atoms with Gasteiger partial charge in [-0.15, -0.1) is 0 Å². The summed E-state index contributed by atoms with van der Waals surface area (Å²) in [7, 11) is 0. The Balaban J connectivity index is 2.28. The van der Waals surface area contributed by atoms with Crippen LogP contribution in [-0.2, 0) is 0 Å². The number of phenols is 1. The molecule has 2 N–H and O–H groups in total. The first-order valence-electron chi connectivity index (χ1n) is 5.96. The van der Waals surface area contributed by atoms with Crippen molar-refractivity contribution >= 4 is 5.69 Å². The molecule has 0 aliphatic heterocycles. The van der Waals surface area contributed by atoms with Gasteiger partial charge in [-0.3, -0.25) is 0 Å². The van der Waals surface area contributed by atoms with Crippen LogP contribution in [0.3, 0.4) is 0 Å². The second kappa shape index (κ2) is 5.57. The molecule has 0 aromatic heterocycles. The van der Waals surface area contributed by atoms with E-state index in [2.05, 4.69) is 5.32 Å². The second-order valence-corrected chi connectivity index (χ2v) is 4.37. The molecule has 0 amide bonds. The van der Waals surface area contributed by atoms with Crippen LogP contribution in [0.15, 0.2) is 36.4 Å². The predicted octanol–water partition coefficient (Wildman–Crippen LogP) is 3.72. The van der Waals surface area contributed by atoms with Gasteiger partial charge in [-0.25, -0.2) is 8.78 Å². The Morgan fingerprint density at radius 3 is 2.45 bits per heavy atom. The number of nitriles is 1. The van der Waals surface area contributed by atoms with Crippen molar-refractivity contribution in [2.75, 3.05) is 5.32 Å². The van der Waals surface area contributed by atoms with Crippen LogP contribution in [0.1, 0.15) is 24.1 Å². The van der Waals surface area contributed by atoms with Crippen LogP contribution >= 0.6 is 0 Å². The molecule has 1 atom stereocenters. The van der Waals surface area contributed by atoms with Crippen LogP contribution in [0.5, 0.6) is 5.75 Å². The molecule has 0 spiro atoms. The number of phenolic OH excluding ortho intramolecular Hbond substituents is 1. The number of hydrogen-bond donors (Lipinski definition) is 2. The summed E-state index contributed by atoms with van der Waals surface area (Å²) in [5, 5.41) is 21.7. The van der Waals surface area contributed by atoms with E-state index >= 15 is 0 Å². The van der Waals surface area contributed by atoms with Crippen molar-refractivity contribution < 1.29 is 13.9 Å². The first-order chi connectivity index (χ1) is 9.51. The lowest BCUT2D eigenvalue weighted by Gasteiger charge is -2.17. The largest absolute Gasteiger partial charge is 0.507 e. The van der Waals surface area contributed by atoms with E-state index in [0.29, 0.717) is 11.3 Å². The van der Waals surface area contributed by atoms with Crippen molar-refractivity contribution in [2.24, 2.45) is 0 Å². The molecule has 0 radical (unpaired) electrons. The van der Waals surface area contributed by atoms with Crippen molar-refractivity contribution in [1.82, 2.24) is 0 Å². The smallest absolute Gasteiger partial charge is 0.126 e. The lowest BCUT2D eigenvalue weighted by Crippen LogP contribution is -2.08. The van der Waals surface area contributed by atoms with Crippen molar-refractivity contribution in [1.29, 1.82) is 5.26 Å². The number of halogens is 2. The second-order valence-electron chi connectivity index (χ2n) is 4.37. The molecule has 0 saturated carbocycles. The molecular formula is C15H12F2N2O. The van der Waals surface area contributed by atoms with Crippen LogP contribution in [0, 0.1) is 23.0 Å². The van der Waals surface area contributed by atoms with Crippen molar-refractivity contribution in [3.8, 4) is 11.8 Å². The molecule has 0 fully saturated rings. The number of nitrogens with zero attached hydrogens (tertiary/aromatic N) is 1. The molecule has 2 aromatic rings. The van der Waals surface area contributed by atoms with Gasteiger partial charge in [-0.05, 0) is 31.2 Å². The van der Waals surface area contributed by atoms with E-state index in [1.165, 1.54) is 24.3 Å². The Morgan fingerprint density at radius 1 is 1.15 bits per heavy atom. The van der Waals surface area contributed by atoms with Gasteiger partial charge >= 0.3 is 0 Å². The quantitative estimate of drug-likeness (QED) is 0.897. The molecule has 2 rings (SSSR count). The number of nitrogens with one attached hydrogen (secondary N) is 1. The minimum Gasteiger partial charge on any atom is -0.507 e. The first-order valence-corrected chi connectivity index (χ1v) is 5.96. The van der Waals surface area contributed by atoms with Gasteiger partial charge in [-0.2, -0.15) is 5.26 Å². The lowest BCUT2D eigenvalue weighted by atomic mass is 10.1. The first kappa shape index (κ1) is 13.8. The van der Waals surface area contributed by atoms with Crippen LogP contribution < -0.4 is 5.32 Å². The third-order valence-corrected chi connectivity index (χ3v) is 2.93. The number of hydrogen-bond acceptors (Lipinski definition) is 3. The Bertz CT molecular complexity index is 680. The van der Waals surface area contributed by atoms with E-state index in [0.717, 1.165) is 12.1 Å². The molecule has 102 valence electrons. The molecule has 2 aromatic carbocycles. The summed E-state index contributed by atoms with van der Waals surface area (Å²) in [6.45, 7) is 1.75. The molecule has 0 saturated heterocycles. The zero-order chi connectivity index (χ0) is 14.7. The molecule has 1 unspecified atom stereocenters. The van der Waals surface area contributed by atoms with E-state index in [9.17, 15) is 13.9 Å². The van der Waals surface area contributed by atoms with Gasteiger partial charge in [0.05, 0.1) is 17.3 Å². The van der Waals surface area contributed by atoms with Crippen molar-refractivity contribution in [3.63, 3.8) is 0 Å². The van der Waals surface area contributed by atoms with Crippen LogP contribution in [0.25, 0.3) is 0 Å². The number of aromatic hydroxyl groups is 1. The molecular weight excluding hydrogens is 262 g/mol. The fourth-order valence-corrected chi connectivity index (χ4v) is 1.93. The van der Waals surface area contributed by atoms with Crippen molar-refractivity contribution in [3.05, 3.63) is 59.2 Å². The SMILES string of the molecule is CC(Nc1ccc(F)cc1C#N)c1ccc(F)cc1O. The maximum absolute atomic E-state index is 13.0. The van der Waals surface area contributed by atoms with E-state index in [4.69, 9.17) is 5.26 Å². The normalized spacial score (nSPS) is 11.7. The van der Waals surface area contributed by atoms with Crippen LogP contribution in [0.2, 0.25) is 0 Å². The molecule has 20 heavy (non-hydrogen) atoms. The lowest BCUT2D eigenvalue weighted by molar-refractivity contribution is 0.459. The monoisotopic (exact) mass is 274 g/mol. The van der Waals surface area contributed by atoms with E-state index in [1.54, 1.807) is 6.92 Å². The number of rotatable bonds is 3. The zero-order valence-electron chi connectivity index (χ0n) is 10.7. The average Bonchev–Trinajstić information content (AvgIpc) is 2.40. The van der Waals surface area contributed by atoms with Crippen LogP contribution in [-0.4, -0.2) is 5.11 Å². The number of benzene rings is 2. The third-order valence-electron chi connectivity index (χ3n) is 2.93. The predicted molar refractivity (Wildman–Crippen MR) is 71.2 cm³/mol. The Morgan fingerprint density at radius 2 is 1.80 bits per heavy atom. The highest BCUT2D eigenvalue weighted by molar-refractivity contribution is 5.58. The van der Waals surface area contributed by atoms with Gasteiger partial charge in [-0.1, -0.05) is 6.07 Å². The molecule has 0 aliphatic carbocycles. The molecule has 0 bridgehead atoms. The Labute approximate surface area is 115 Å². The highest BCUT2D eigenvalue weighted by Crippen LogP contribution is 2.28.